The maximum atomic E-state index is 11.6. The van der Waals surface area contributed by atoms with Crippen molar-refractivity contribution in [2.75, 3.05) is 10.9 Å². The van der Waals surface area contributed by atoms with Gasteiger partial charge in [-0.3, -0.25) is 21.7 Å². The van der Waals surface area contributed by atoms with Crippen molar-refractivity contribution in [1.29, 1.82) is 0 Å². The first-order valence-corrected chi connectivity index (χ1v) is 6.35. The molecule has 0 fully saturated rings. The third-order valence-corrected chi connectivity index (χ3v) is 2.74. The van der Waals surface area contributed by atoms with E-state index in [0.29, 0.717) is 0 Å². The first-order valence-electron chi connectivity index (χ1n) is 6.35. The summed E-state index contributed by atoms with van der Waals surface area (Å²) < 4.78 is 0. The molecule has 0 heterocycles. The van der Waals surface area contributed by atoms with Crippen LogP contribution in [0.1, 0.15) is 11.1 Å². The summed E-state index contributed by atoms with van der Waals surface area (Å²) in [5, 5.41) is 0. The van der Waals surface area contributed by atoms with Crippen LogP contribution in [0.2, 0.25) is 0 Å². The monoisotopic (exact) mass is 270 g/mol. The van der Waals surface area contributed by atoms with Gasteiger partial charge in [0.2, 0.25) is 0 Å². The van der Waals surface area contributed by atoms with Gasteiger partial charge in [0.15, 0.2) is 0 Å². The molecule has 0 saturated heterocycles. The van der Waals surface area contributed by atoms with Crippen LogP contribution in [0, 0.1) is 13.8 Å². The lowest BCUT2D eigenvalue weighted by Crippen LogP contribution is -2.41. The van der Waals surface area contributed by atoms with E-state index in [4.69, 9.17) is 0 Å². The highest BCUT2D eigenvalue weighted by atomic mass is 16.2. The molecule has 0 radical (unpaired) electrons. The van der Waals surface area contributed by atoms with Crippen molar-refractivity contribution in [2.24, 2.45) is 0 Å². The SMILES string of the molecule is Cc1ccc(NNC(=O)NNc2ccc(C)cc2)cc1. The van der Waals surface area contributed by atoms with E-state index in [2.05, 4.69) is 21.7 Å². The van der Waals surface area contributed by atoms with Crippen LogP contribution in [0.3, 0.4) is 0 Å². The van der Waals surface area contributed by atoms with Crippen molar-refractivity contribution >= 4 is 17.4 Å². The Bertz CT molecular complexity index is 512. The lowest BCUT2D eigenvalue weighted by atomic mass is 10.2. The molecule has 0 aliphatic carbocycles. The zero-order valence-electron chi connectivity index (χ0n) is 11.5. The average Bonchev–Trinajstić information content (AvgIpc) is 2.46. The molecule has 0 bridgehead atoms. The topological polar surface area (TPSA) is 65.2 Å². The zero-order chi connectivity index (χ0) is 14.4. The lowest BCUT2D eigenvalue weighted by molar-refractivity contribution is 0.244. The van der Waals surface area contributed by atoms with E-state index in [-0.39, 0.29) is 6.03 Å². The lowest BCUT2D eigenvalue weighted by Gasteiger charge is -2.11. The van der Waals surface area contributed by atoms with Gasteiger partial charge in [-0.25, -0.2) is 4.79 Å². The summed E-state index contributed by atoms with van der Waals surface area (Å²) in [6.45, 7) is 4.02. The molecule has 0 spiro atoms. The Morgan fingerprint density at radius 1 is 0.700 bits per heavy atom. The van der Waals surface area contributed by atoms with Crippen molar-refractivity contribution in [2.45, 2.75) is 13.8 Å². The number of carbonyl (C=O) groups is 1. The molecule has 104 valence electrons. The fourth-order valence-electron chi connectivity index (χ4n) is 1.56. The van der Waals surface area contributed by atoms with Gasteiger partial charge in [-0.15, -0.1) is 0 Å². The molecule has 4 N–H and O–H groups in total. The molecule has 0 atom stereocenters. The van der Waals surface area contributed by atoms with Crippen LogP contribution in [-0.4, -0.2) is 6.03 Å². The predicted octanol–water partition coefficient (Wildman–Crippen LogP) is 2.96. The second kappa shape index (κ2) is 6.47. The first kappa shape index (κ1) is 13.7. The number of hydrogen-bond donors (Lipinski definition) is 4. The maximum absolute atomic E-state index is 11.6. The Balaban J connectivity index is 1.75. The van der Waals surface area contributed by atoms with Crippen molar-refractivity contribution in [3.63, 3.8) is 0 Å². The van der Waals surface area contributed by atoms with E-state index in [9.17, 15) is 4.79 Å². The van der Waals surface area contributed by atoms with E-state index in [1.807, 2.05) is 62.4 Å². The fraction of sp³-hybridized carbons (Fsp3) is 0.133. The zero-order valence-corrected chi connectivity index (χ0v) is 11.5. The summed E-state index contributed by atoms with van der Waals surface area (Å²) >= 11 is 0. The Hall–Kier alpha value is -2.69. The molecular formula is C15H18N4O. The third-order valence-electron chi connectivity index (χ3n) is 2.74. The Morgan fingerprint density at radius 2 is 1.05 bits per heavy atom. The molecule has 0 aliphatic rings. The average molecular weight is 270 g/mol. The van der Waals surface area contributed by atoms with Gasteiger partial charge in [-0.1, -0.05) is 35.4 Å². The van der Waals surface area contributed by atoms with Gasteiger partial charge in [-0.2, -0.15) is 0 Å². The highest BCUT2D eigenvalue weighted by molar-refractivity contribution is 5.76. The normalized spacial score (nSPS) is 9.70. The van der Waals surface area contributed by atoms with E-state index < -0.39 is 0 Å². The number of anilines is 2. The van der Waals surface area contributed by atoms with Gasteiger partial charge in [0.25, 0.3) is 0 Å². The molecule has 2 rings (SSSR count). The van der Waals surface area contributed by atoms with Crippen LogP contribution in [0.4, 0.5) is 16.2 Å². The summed E-state index contributed by atoms with van der Waals surface area (Å²) in [6.07, 6.45) is 0. The summed E-state index contributed by atoms with van der Waals surface area (Å²) in [5.74, 6) is 0. The second-order valence-electron chi connectivity index (χ2n) is 4.56. The van der Waals surface area contributed by atoms with Gasteiger partial charge < -0.3 is 0 Å². The number of nitrogens with one attached hydrogen (secondary N) is 4. The molecule has 2 amide bonds. The van der Waals surface area contributed by atoms with E-state index in [0.717, 1.165) is 11.4 Å². The Kier molecular flexibility index (Phi) is 4.44. The van der Waals surface area contributed by atoms with Crippen LogP contribution in [0.15, 0.2) is 48.5 Å². The largest absolute Gasteiger partial charge is 0.352 e. The first-order chi connectivity index (χ1) is 9.63. The minimum Gasteiger partial charge on any atom is -0.297 e. The van der Waals surface area contributed by atoms with Crippen LogP contribution >= 0.6 is 0 Å². The number of hydrogen-bond acceptors (Lipinski definition) is 3. The number of aryl methyl sites for hydroxylation is 2. The van der Waals surface area contributed by atoms with Gasteiger partial charge in [0.1, 0.15) is 0 Å². The summed E-state index contributed by atoms with van der Waals surface area (Å²) in [7, 11) is 0. The molecule has 0 aromatic heterocycles. The minimum atomic E-state index is -0.369. The molecule has 0 unspecified atom stereocenters. The number of urea groups is 1. The smallest absolute Gasteiger partial charge is 0.297 e. The fourth-order valence-corrected chi connectivity index (χ4v) is 1.56. The third kappa shape index (κ3) is 4.20. The standard InChI is InChI=1S/C15H18N4O/c1-11-3-7-13(8-4-11)16-18-15(20)19-17-14-9-5-12(2)6-10-14/h3-10,16-17H,1-2H3,(H2,18,19,20). The molecule has 0 aliphatic heterocycles. The van der Waals surface area contributed by atoms with Crippen LogP contribution in [0.5, 0.6) is 0 Å². The molecule has 5 nitrogen and oxygen atoms in total. The van der Waals surface area contributed by atoms with E-state index >= 15 is 0 Å². The van der Waals surface area contributed by atoms with Gasteiger partial charge >= 0.3 is 6.03 Å². The molecule has 2 aromatic rings. The van der Waals surface area contributed by atoms with Crippen LogP contribution < -0.4 is 21.7 Å². The van der Waals surface area contributed by atoms with Crippen molar-refractivity contribution < 1.29 is 4.79 Å². The van der Waals surface area contributed by atoms with Crippen molar-refractivity contribution in [3.05, 3.63) is 59.7 Å². The Morgan fingerprint density at radius 3 is 1.40 bits per heavy atom. The molecule has 5 heteroatoms. The second-order valence-corrected chi connectivity index (χ2v) is 4.56. The van der Waals surface area contributed by atoms with Crippen molar-refractivity contribution in [1.82, 2.24) is 10.9 Å². The quantitative estimate of drug-likeness (QED) is 0.646. The number of hydrazine groups is 2. The summed E-state index contributed by atoms with van der Waals surface area (Å²) in [6, 6.07) is 15.1. The summed E-state index contributed by atoms with van der Waals surface area (Å²) in [5.41, 5.74) is 14.7. The van der Waals surface area contributed by atoms with Gasteiger partial charge in [0.05, 0.1) is 11.4 Å². The maximum Gasteiger partial charge on any atom is 0.352 e. The van der Waals surface area contributed by atoms with Crippen molar-refractivity contribution in [3.8, 4) is 0 Å². The Labute approximate surface area is 118 Å². The highest BCUT2D eigenvalue weighted by Crippen LogP contribution is 2.07. The number of rotatable bonds is 4. The number of carbonyl (C=O) groups excluding carboxylic acids is 1. The predicted molar refractivity (Wildman–Crippen MR) is 81.3 cm³/mol. The molecular weight excluding hydrogens is 252 g/mol. The van der Waals surface area contributed by atoms with Gasteiger partial charge in [-0.05, 0) is 38.1 Å². The van der Waals surface area contributed by atoms with Gasteiger partial charge in [0, 0.05) is 0 Å². The number of benzene rings is 2. The molecule has 2 aromatic carbocycles. The van der Waals surface area contributed by atoms with E-state index in [1.165, 1.54) is 11.1 Å². The summed E-state index contributed by atoms with van der Waals surface area (Å²) in [4.78, 5) is 11.6. The van der Waals surface area contributed by atoms with Crippen LogP contribution in [-0.2, 0) is 0 Å². The minimum absolute atomic E-state index is 0.369. The van der Waals surface area contributed by atoms with Crippen LogP contribution in [0.25, 0.3) is 0 Å². The molecule has 20 heavy (non-hydrogen) atoms. The number of amides is 2. The highest BCUT2D eigenvalue weighted by Gasteiger charge is 1.99. The molecule has 0 saturated carbocycles. The van der Waals surface area contributed by atoms with E-state index in [1.54, 1.807) is 0 Å².